The van der Waals surface area contributed by atoms with Crippen LogP contribution >= 0.6 is 11.3 Å². The molecule has 0 bridgehead atoms. The van der Waals surface area contributed by atoms with Crippen molar-refractivity contribution in [3.63, 3.8) is 0 Å². The number of hydrogen-bond donors (Lipinski definition) is 1. The second kappa shape index (κ2) is 6.36. The third-order valence-electron chi connectivity index (χ3n) is 4.68. The molecule has 1 aromatic rings. The van der Waals surface area contributed by atoms with Gasteiger partial charge in [0.1, 0.15) is 0 Å². The molecule has 0 spiro atoms. The fourth-order valence-electron chi connectivity index (χ4n) is 3.22. The summed E-state index contributed by atoms with van der Waals surface area (Å²) >= 11 is 1.88. The summed E-state index contributed by atoms with van der Waals surface area (Å²) in [6.45, 7) is 10.2. The molecular weight excluding hydrogens is 252 g/mol. The predicted molar refractivity (Wildman–Crippen MR) is 83.9 cm³/mol. The van der Waals surface area contributed by atoms with Crippen molar-refractivity contribution in [2.45, 2.75) is 72.3 Å². The molecule has 1 aromatic heterocycles. The summed E-state index contributed by atoms with van der Waals surface area (Å²) < 4.78 is 0. The fraction of sp³-hybridized carbons (Fsp3) is 0.812. The van der Waals surface area contributed by atoms with E-state index in [4.69, 9.17) is 4.98 Å². The number of nitrogens with one attached hydrogen (secondary N) is 1. The first-order valence-corrected chi connectivity index (χ1v) is 8.53. The van der Waals surface area contributed by atoms with Crippen LogP contribution in [0.2, 0.25) is 0 Å². The highest BCUT2D eigenvalue weighted by Crippen LogP contribution is 2.41. The van der Waals surface area contributed by atoms with Crippen molar-refractivity contribution in [3.8, 4) is 0 Å². The van der Waals surface area contributed by atoms with Crippen LogP contribution in [0.1, 0.15) is 61.5 Å². The van der Waals surface area contributed by atoms with Gasteiger partial charge in [-0.25, -0.2) is 4.98 Å². The Morgan fingerprint density at radius 1 is 1.32 bits per heavy atom. The van der Waals surface area contributed by atoms with E-state index in [0.717, 1.165) is 13.0 Å². The average molecular weight is 280 g/mol. The van der Waals surface area contributed by atoms with Gasteiger partial charge in [-0.15, -0.1) is 11.3 Å². The maximum absolute atomic E-state index is 4.74. The van der Waals surface area contributed by atoms with Crippen LogP contribution in [0.3, 0.4) is 0 Å². The monoisotopic (exact) mass is 280 g/mol. The number of hydrogen-bond acceptors (Lipinski definition) is 3. The summed E-state index contributed by atoms with van der Waals surface area (Å²) in [5.74, 6) is 0. The number of aryl methyl sites for hydroxylation is 2. The van der Waals surface area contributed by atoms with Gasteiger partial charge in [0, 0.05) is 17.3 Å². The Morgan fingerprint density at radius 2 is 2.00 bits per heavy atom. The Hall–Kier alpha value is -0.410. The molecule has 2 nitrogen and oxygen atoms in total. The van der Waals surface area contributed by atoms with E-state index in [2.05, 4.69) is 33.0 Å². The molecule has 1 fully saturated rings. The van der Waals surface area contributed by atoms with Crippen molar-refractivity contribution in [2.24, 2.45) is 5.41 Å². The van der Waals surface area contributed by atoms with Gasteiger partial charge in [-0.05, 0) is 45.1 Å². The van der Waals surface area contributed by atoms with Crippen LogP contribution in [0.15, 0.2) is 0 Å². The molecule has 1 saturated carbocycles. The third-order valence-corrected chi connectivity index (χ3v) is 5.77. The van der Waals surface area contributed by atoms with Gasteiger partial charge in [0.15, 0.2) is 0 Å². The molecule has 1 aliphatic carbocycles. The smallest absolute Gasteiger partial charge is 0.0946 e. The lowest BCUT2D eigenvalue weighted by molar-refractivity contribution is 0.219. The average Bonchev–Trinajstić information content (AvgIpc) is 2.93. The van der Waals surface area contributed by atoms with E-state index in [0.29, 0.717) is 11.5 Å². The first-order valence-electron chi connectivity index (χ1n) is 7.71. The summed E-state index contributed by atoms with van der Waals surface area (Å²) in [5.41, 5.74) is 1.69. The van der Waals surface area contributed by atoms with Crippen molar-refractivity contribution < 1.29 is 0 Å². The molecule has 1 N–H and O–H groups in total. The number of aromatic nitrogens is 1. The molecule has 0 aromatic carbocycles. The Bertz CT molecular complexity index is 385. The minimum Gasteiger partial charge on any atom is -0.313 e. The summed E-state index contributed by atoms with van der Waals surface area (Å²) in [6.07, 6.45) is 7.86. The minimum absolute atomic E-state index is 0.475. The quantitative estimate of drug-likeness (QED) is 0.842. The van der Waals surface area contributed by atoms with Gasteiger partial charge in [0.05, 0.1) is 10.7 Å². The number of nitrogens with zero attached hydrogens (tertiary/aromatic N) is 1. The van der Waals surface area contributed by atoms with Gasteiger partial charge >= 0.3 is 0 Å². The zero-order chi connectivity index (χ0) is 13.9. The number of thiazole rings is 1. The molecule has 3 heteroatoms. The van der Waals surface area contributed by atoms with E-state index < -0.39 is 0 Å². The first kappa shape index (κ1) is 15.0. The zero-order valence-corrected chi connectivity index (χ0v) is 13.7. The SMILES string of the molecule is CCCNC(Cc1nc(C)c(C)s1)C1(C)CCCC1. The highest BCUT2D eigenvalue weighted by molar-refractivity contribution is 7.11. The molecule has 2 rings (SSSR count). The molecule has 0 aliphatic heterocycles. The van der Waals surface area contributed by atoms with Crippen molar-refractivity contribution in [2.75, 3.05) is 6.54 Å². The second-order valence-electron chi connectivity index (χ2n) is 6.32. The Morgan fingerprint density at radius 3 is 2.53 bits per heavy atom. The lowest BCUT2D eigenvalue weighted by atomic mass is 9.79. The zero-order valence-electron chi connectivity index (χ0n) is 12.9. The lowest BCUT2D eigenvalue weighted by Crippen LogP contribution is -2.44. The molecule has 1 heterocycles. The summed E-state index contributed by atoms with van der Waals surface area (Å²) in [7, 11) is 0. The van der Waals surface area contributed by atoms with Crippen LogP contribution in [-0.2, 0) is 6.42 Å². The standard InChI is InChI=1S/C16H28N2S/c1-5-10-17-14(16(4)8-6-7-9-16)11-15-18-12(2)13(3)19-15/h14,17H,5-11H2,1-4H3. The van der Waals surface area contributed by atoms with E-state index in [9.17, 15) is 0 Å². The topological polar surface area (TPSA) is 24.9 Å². The van der Waals surface area contributed by atoms with Crippen LogP contribution < -0.4 is 5.32 Å². The van der Waals surface area contributed by atoms with Gasteiger partial charge in [-0.2, -0.15) is 0 Å². The molecule has 1 aliphatic rings. The van der Waals surface area contributed by atoms with Gasteiger partial charge in [0.2, 0.25) is 0 Å². The Kier molecular flexibility index (Phi) is 5.02. The van der Waals surface area contributed by atoms with Gasteiger partial charge in [0.25, 0.3) is 0 Å². The summed E-state index contributed by atoms with van der Waals surface area (Å²) in [5, 5.41) is 5.11. The van der Waals surface area contributed by atoms with Gasteiger partial charge in [-0.1, -0.05) is 26.7 Å². The van der Waals surface area contributed by atoms with Crippen molar-refractivity contribution in [1.82, 2.24) is 10.3 Å². The largest absolute Gasteiger partial charge is 0.313 e. The van der Waals surface area contributed by atoms with Crippen molar-refractivity contribution >= 4 is 11.3 Å². The molecular formula is C16H28N2S. The van der Waals surface area contributed by atoms with Crippen LogP contribution in [0.4, 0.5) is 0 Å². The molecule has 19 heavy (non-hydrogen) atoms. The first-order chi connectivity index (χ1) is 9.05. The van der Waals surface area contributed by atoms with E-state index in [1.807, 2.05) is 11.3 Å². The third kappa shape index (κ3) is 3.57. The van der Waals surface area contributed by atoms with E-state index in [1.54, 1.807) is 0 Å². The lowest BCUT2D eigenvalue weighted by Gasteiger charge is -2.34. The highest BCUT2D eigenvalue weighted by Gasteiger charge is 2.37. The molecule has 0 radical (unpaired) electrons. The van der Waals surface area contributed by atoms with Crippen LogP contribution in [0.5, 0.6) is 0 Å². The van der Waals surface area contributed by atoms with Crippen LogP contribution in [0, 0.1) is 19.3 Å². The molecule has 108 valence electrons. The van der Waals surface area contributed by atoms with E-state index in [-0.39, 0.29) is 0 Å². The summed E-state index contributed by atoms with van der Waals surface area (Å²) in [6, 6.07) is 0.597. The highest BCUT2D eigenvalue weighted by atomic mass is 32.1. The Balaban J connectivity index is 2.08. The van der Waals surface area contributed by atoms with Crippen LogP contribution in [0.25, 0.3) is 0 Å². The fourth-order valence-corrected chi connectivity index (χ4v) is 4.20. The van der Waals surface area contributed by atoms with E-state index in [1.165, 1.54) is 47.7 Å². The maximum Gasteiger partial charge on any atom is 0.0946 e. The normalized spacial score (nSPS) is 19.8. The van der Waals surface area contributed by atoms with Crippen molar-refractivity contribution in [1.29, 1.82) is 0 Å². The second-order valence-corrected chi connectivity index (χ2v) is 7.61. The molecule has 0 amide bonds. The van der Waals surface area contributed by atoms with Crippen LogP contribution in [-0.4, -0.2) is 17.6 Å². The molecule has 0 saturated heterocycles. The van der Waals surface area contributed by atoms with Crippen molar-refractivity contribution in [3.05, 3.63) is 15.6 Å². The van der Waals surface area contributed by atoms with E-state index >= 15 is 0 Å². The molecule has 1 atom stereocenters. The van der Waals surface area contributed by atoms with Gasteiger partial charge in [-0.3, -0.25) is 0 Å². The Labute approximate surface area is 122 Å². The predicted octanol–water partition coefficient (Wildman–Crippen LogP) is 4.25. The summed E-state index contributed by atoms with van der Waals surface area (Å²) in [4.78, 5) is 6.11. The van der Waals surface area contributed by atoms with Gasteiger partial charge < -0.3 is 5.32 Å². The maximum atomic E-state index is 4.74. The number of rotatable bonds is 6. The minimum atomic E-state index is 0.475. The molecule has 1 unspecified atom stereocenters.